The summed E-state index contributed by atoms with van der Waals surface area (Å²) in [6.07, 6.45) is 3.77. The number of nitrogens with two attached hydrogens (primary N) is 1. The van der Waals surface area contributed by atoms with Gasteiger partial charge in [0.15, 0.2) is 0 Å². The average Bonchev–Trinajstić information content (AvgIpc) is 2.45. The van der Waals surface area contributed by atoms with Crippen LogP contribution in [-0.4, -0.2) is 41.7 Å². The molecule has 1 amide bonds. The van der Waals surface area contributed by atoms with Crippen LogP contribution in [0, 0.1) is 0 Å². The normalized spacial score (nSPS) is 19.8. The number of carbonyl (C=O) groups excluding carboxylic acids is 1. The lowest BCUT2D eigenvalue weighted by Crippen LogP contribution is -2.43. The number of likely N-dealkylation sites (tertiary alicyclic amines) is 1. The van der Waals surface area contributed by atoms with Crippen LogP contribution >= 0.6 is 0 Å². The minimum Gasteiger partial charge on any atom is -0.399 e. The van der Waals surface area contributed by atoms with E-state index in [2.05, 4.69) is 10.2 Å². The summed E-state index contributed by atoms with van der Waals surface area (Å²) in [5.74, 6) is -0.0159. The second kappa shape index (κ2) is 7.26. The number of hydrogen-bond acceptors (Lipinski definition) is 4. The Morgan fingerprint density at radius 2 is 2.30 bits per heavy atom. The maximum atomic E-state index is 11.9. The molecule has 1 aromatic carbocycles. The molecule has 0 aromatic heterocycles. The number of benzene rings is 1. The van der Waals surface area contributed by atoms with Crippen molar-refractivity contribution >= 4 is 17.3 Å². The molecule has 1 saturated heterocycles. The first-order valence-electron chi connectivity index (χ1n) is 7.19. The number of piperidine rings is 1. The SMILES string of the molecule is Nc1cccc(NC(=O)CCN2CCCCC2CO)c1. The van der Waals surface area contributed by atoms with Crippen LogP contribution in [0.4, 0.5) is 11.4 Å². The van der Waals surface area contributed by atoms with E-state index in [0.29, 0.717) is 18.7 Å². The van der Waals surface area contributed by atoms with Crippen LogP contribution in [-0.2, 0) is 4.79 Å². The Morgan fingerprint density at radius 1 is 1.45 bits per heavy atom. The highest BCUT2D eigenvalue weighted by atomic mass is 16.3. The van der Waals surface area contributed by atoms with Gasteiger partial charge in [-0.3, -0.25) is 9.69 Å². The molecule has 1 unspecified atom stereocenters. The molecule has 5 heteroatoms. The van der Waals surface area contributed by atoms with E-state index in [0.717, 1.165) is 31.5 Å². The summed E-state index contributed by atoms with van der Waals surface area (Å²) in [4.78, 5) is 14.1. The standard InChI is InChI=1S/C15H23N3O2/c16-12-4-3-5-13(10-12)17-15(20)7-9-18-8-2-1-6-14(18)11-19/h3-5,10,14,19H,1-2,6-9,11,16H2,(H,17,20). The molecule has 0 bridgehead atoms. The fourth-order valence-corrected chi connectivity index (χ4v) is 2.65. The molecule has 110 valence electrons. The van der Waals surface area contributed by atoms with Crippen LogP contribution in [0.15, 0.2) is 24.3 Å². The summed E-state index contributed by atoms with van der Waals surface area (Å²) in [6, 6.07) is 7.39. The number of anilines is 2. The van der Waals surface area contributed by atoms with Gasteiger partial charge in [0.25, 0.3) is 0 Å². The Kier molecular flexibility index (Phi) is 5.38. The summed E-state index contributed by atoms with van der Waals surface area (Å²) in [7, 11) is 0. The molecule has 1 aliphatic heterocycles. The number of aliphatic hydroxyl groups excluding tert-OH is 1. The van der Waals surface area contributed by atoms with E-state index in [1.807, 2.05) is 12.1 Å². The first-order chi connectivity index (χ1) is 9.69. The highest BCUT2D eigenvalue weighted by Crippen LogP contribution is 2.17. The molecule has 1 fully saturated rings. The zero-order valence-electron chi connectivity index (χ0n) is 11.7. The summed E-state index contributed by atoms with van der Waals surface area (Å²) >= 11 is 0. The van der Waals surface area contributed by atoms with Gasteiger partial charge in [-0.05, 0) is 37.6 Å². The lowest BCUT2D eigenvalue weighted by molar-refractivity contribution is -0.116. The summed E-state index contributed by atoms with van der Waals surface area (Å²) < 4.78 is 0. The lowest BCUT2D eigenvalue weighted by Gasteiger charge is -2.34. The van der Waals surface area contributed by atoms with Gasteiger partial charge in [0.2, 0.25) is 5.91 Å². The molecule has 4 N–H and O–H groups in total. The van der Waals surface area contributed by atoms with Gasteiger partial charge in [-0.15, -0.1) is 0 Å². The lowest BCUT2D eigenvalue weighted by atomic mass is 10.0. The number of amides is 1. The van der Waals surface area contributed by atoms with E-state index < -0.39 is 0 Å². The topological polar surface area (TPSA) is 78.6 Å². The number of carbonyl (C=O) groups is 1. The van der Waals surface area contributed by atoms with Crippen LogP contribution in [0.3, 0.4) is 0 Å². The Morgan fingerprint density at radius 3 is 3.05 bits per heavy atom. The molecule has 0 radical (unpaired) electrons. The van der Waals surface area contributed by atoms with Gasteiger partial charge < -0.3 is 16.2 Å². The number of aliphatic hydroxyl groups is 1. The molecule has 1 aromatic rings. The summed E-state index contributed by atoms with van der Waals surface area (Å²) in [5.41, 5.74) is 7.04. The van der Waals surface area contributed by atoms with Crippen molar-refractivity contribution in [2.45, 2.75) is 31.7 Å². The smallest absolute Gasteiger partial charge is 0.225 e. The van der Waals surface area contributed by atoms with Crippen molar-refractivity contribution < 1.29 is 9.90 Å². The maximum Gasteiger partial charge on any atom is 0.225 e. The van der Waals surface area contributed by atoms with E-state index in [9.17, 15) is 9.90 Å². The van der Waals surface area contributed by atoms with Gasteiger partial charge in [0.1, 0.15) is 0 Å². The van der Waals surface area contributed by atoms with Crippen molar-refractivity contribution in [2.75, 3.05) is 30.7 Å². The summed E-state index contributed by atoms with van der Waals surface area (Å²) in [6.45, 7) is 1.84. The molecule has 1 atom stereocenters. The fraction of sp³-hybridized carbons (Fsp3) is 0.533. The molecule has 0 spiro atoms. The third-order valence-corrected chi connectivity index (χ3v) is 3.76. The van der Waals surface area contributed by atoms with E-state index >= 15 is 0 Å². The Balaban J connectivity index is 1.79. The Hall–Kier alpha value is -1.59. The average molecular weight is 277 g/mol. The number of hydrogen-bond donors (Lipinski definition) is 3. The van der Waals surface area contributed by atoms with E-state index in [4.69, 9.17) is 5.73 Å². The first kappa shape index (κ1) is 14.8. The van der Waals surface area contributed by atoms with Crippen molar-refractivity contribution in [3.05, 3.63) is 24.3 Å². The van der Waals surface area contributed by atoms with Gasteiger partial charge >= 0.3 is 0 Å². The second-order valence-corrected chi connectivity index (χ2v) is 5.29. The third-order valence-electron chi connectivity index (χ3n) is 3.76. The van der Waals surface area contributed by atoms with Crippen LogP contribution in [0.2, 0.25) is 0 Å². The molecule has 1 heterocycles. The van der Waals surface area contributed by atoms with Crippen LogP contribution in [0.1, 0.15) is 25.7 Å². The molecule has 20 heavy (non-hydrogen) atoms. The van der Waals surface area contributed by atoms with Gasteiger partial charge in [-0.25, -0.2) is 0 Å². The van der Waals surface area contributed by atoms with Crippen molar-refractivity contribution in [1.82, 2.24) is 4.90 Å². The van der Waals surface area contributed by atoms with Crippen LogP contribution < -0.4 is 11.1 Å². The maximum absolute atomic E-state index is 11.9. The molecular weight excluding hydrogens is 254 g/mol. The molecule has 1 aliphatic rings. The molecule has 2 rings (SSSR count). The largest absolute Gasteiger partial charge is 0.399 e. The summed E-state index contributed by atoms with van der Waals surface area (Å²) in [5, 5.41) is 12.2. The van der Waals surface area contributed by atoms with E-state index in [1.165, 1.54) is 0 Å². The first-order valence-corrected chi connectivity index (χ1v) is 7.19. The number of nitrogen functional groups attached to an aromatic ring is 1. The van der Waals surface area contributed by atoms with Gasteiger partial charge in [-0.1, -0.05) is 12.5 Å². The zero-order valence-corrected chi connectivity index (χ0v) is 11.7. The van der Waals surface area contributed by atoms with Crippen LogP contribution in [0.25, 0.3) is 0 Å². The minimum absolute atomic E-state index is 0.0159. The number of rotatable bonds is 5. The number of nitrogens with one attached hydrogen (secondary N) is 1. The Bertz CT molecular complexity index is 450. The van der Waals surface area contributed by atoms with Gasteiger partial charge in [0, 0.05) is 30.4 Å². The third kappa shape index (κ3) is 4.21. The molecule has 0 saturated carbocycles. The molecular formula is C15H23N3O2. The highest BCUT2D eigenvalue weighted by molar-refractivity contribution is 5.91. The van der Waals surface area contributed by atoms with E-state index in [1.54, 1.807) is 12.1 Å². The second-order valence-electron chi connectivity index (χ2n) is 5.29. The molecule has 5 nitrogen and oxygen atoms in total. The van der Waals surface area contributed by atoms with E-state index in [-0.39, 0.29) is 18.6 Å². The highest BCUT2D eigenvalue weighted by Gasteiger charge is 2.21. The zero-order chi connectivity index (χ0) is 14.4. The van der Waals surface area contributed by atoms with Crippen molar-refractivity contribution in [1.29, 1.82) is 0 Å². The predicted octanol–water partition coefficient (Wildman–Crippen LogP) is 1.44. The van der Waals surface area contributed by atoms with Crippen molar-refractivity contribution in [3.8, 4) is 0 Å². The van der Waals surface area contributed by atoms with Crippen molar-refractivity contribution in [3.63, 3.8) is 0 Å². The minimum atomic E-state index is -0.0159. The van der Waals surface area contributed by atoms with Crippen molar-refractivity contribution in [2.24, 2.45) is 0 Å². The monoisotopic (exact) mass is 277 g/mol. The fourth-order valence-electron chi connectivity index (χ4n) is 2.65. The quantitative estimate of drug-likeness (QED) is 0.712. The van der Waals surface area contributed by atoms with Crippen LogP contribution in [0.5, 0.6) is 0 Å². The van der Waals surface area contributed by atoms with Gasteiger partial charge in [0.05, 0.1) is 6.61 Å². The number of nitrogens with zero attached hydrogens (tertiary/aromatic N) is 1. The van der Waals surface area contributed by atoms with Gasteiger partial charge in [-0.2, -0.15) is 0 Å². The Labute approximate surface area is 119 Å². The molecule has 0 aliphatic carbocycles. The predicted molar refractivity (Wildman–Crippen MR) is 80.4 cm³/mol.